The van der Waals surface area contributed by atoms with Gasteiger partial charge in [-0.2, -0.15) is 0 Å². The molecule has 26 heavy (non-hydrogen) atoms. The van der Waals surface area contributed by atoms with Crippen molar-refractivity contribution in [2.75, 3.05) is 31.9 Å². The number of halogens is 1. The van der Waals surface area contributed by atoms with E-state index in [-0.39, 0.29) is 12.3 Å². The average molecular weight is 446 g/mol. The minimum absolute atomic E-state index is 0.144. The summed E-state index contributed by atoms with van der Waals surface area (Å²) >= 11 is 3.46. The van der Waals surface area contributed by atoms with E-state index in [9.17, 15) is 8.42 Å². The topological polar surface area (TPSA) is 99.8 Å². The van der Waals surface area contributed by atoms with Gasteiger partial charge in [0.25, 0.3) is 0 Å². The molecule has 1 saturated heterocycles. The second kappa shape index (κ2) is 10.2. The SMILES string of the molecule is CCNC(=NCCS(N)(=O)=O)NC1CCN(Cc2ccc(Br)cc2)CC1. The molecule has 1 heterocycles. The Kier molecular flexibility index (Phi) is 8.33. The molecule has 0 radical (unpaired) electrons. The van der Waals surface area contributed by atoms with E-state index < -0.39 is 10.0 Å². The van der Waals surface area contributed by atoms with Gasteiger partial charge in [0.15, 0.2) is 5.96 Å². The second-order valence-corrected chi connectivity index (χ2v) is 9.10. The van der Waals surface area contributed by atoms with E-state index in [2.05, 4.69) is 60.7 Å². The van der Waals surface area contributed by atoms with Crippen molar-refractivity contribution >= 4 is 31.9 Å². The molecule has 0 unspecified atom stereocenters. The third-order valence-corrected chi connectivity index (χ3v) is 5.52. The van der Waals surface area contributed by atoms with Crippen LogP contribution in [-0.4, -0.2) is 57.3 Å². The van der Waals surface area contributed by atoms with Gasteiger partial charge in [0.05, 0.1) is 12.3 Å². The Balaban J connectivity index is 1.79. The molecule has 1 aliphatic heterocycles. The average Bonchev–Trinajstić information content (AvgIpc) is 2.58. The van der Waals surface area contributed by atoms with Gasteiger partial charge in [-0.1, -0.05) is 28.1 Å². The highest BCUT2D eigenvalue weighted by Gasteiger charge is 2.20. The molecule has 0 aliphatic carbocycles. The number of benzene rings is 1. The summed E-state index contributed by atoms with van der Waals surface area (Å²) in [6.07, 6.45) is 2.05. The Bertz CT molecular complexity index is 686. The van der Waals surface area contributed by atoms with Crippen LogP contribution in [0.1, 0.15) is 25.3 Å². The Labute approximate surface area is 164 Å². The van der Waals surface area contributed by atoms with Crippen molar-refractivity contribution in [1.29, 1.82) is 0 Å². The van der Waals surface area contributed by atoms with Crippen molar-refractivity contribution < 1.29 is 8.42 Å². The van der Waals surface area contributed by atoms with Gasteiger partial charge in [-0.15, -0.1) is 0 Å². The van der Waals surface area contributed by atoms with E-state index >= 15 is 0 Å². The number of aliphatic imine (C=N–C) groups is 1. The molecule has 0 spiro atoms. The van der Waals surface area contributed by atoms with Gasteiger partial charge in [0.1, 0.15) is 0 Å². The van der Waals surface area contributed by atoms with Crippen LogP contribution >= 0.6 is 15.9 Å². The normalized spacial score (nSPS) is 17.3. The molecule has 0 bridgehead atoms. The lowest BCUT2D eigenvalue weighted by Gasteiger charge is -2.33. The zero-order chi connectivity index (χ0) is 19.0. The molecule has 9 heteroatoms. The van der Waals surface area contributed by atoms with E-state index in [1.165, 1.54) is 5.56 Å². The van der Waals surface area contributed by atoms with E-state index in [1.54, 1.807) is 0 Å². The van der Waals surface area contributed by atoms with Crippen LogP contribution in [0.4, 0.5) is 0 Å². The monoisotopic (exact) mass is 445 g/mol. The lowest BCUT2D eigenvalue weighted by molar-refractivity contribution is 0.198. The molecule has 1 fully saturated rings. The maximum Gasteiger partial charge on any atom is 0.210 e. The first kappa shape index (κ1) is 21.1. The van der Waals surface area contributed by atoms with Crippen LogP contribution in [0, 0.1) is 0 Å². The number of rotatable bonds is 7. The Morgan fingerprint density at radius 1 is 1.31 bits per heavy atom. The number of nitrogens with one attached hydrogen (secondary N) is 2. The maximum atomic E-state index is 11.0. The van der Waals surface area contributed by atoms with Crippen LogP contribution in [0.3, 0.4) is 0 Å². The largest absolute Gasteiger partial charge is 0.357 e. The van der Waals surface area contributed by atoms with Gasteiger partial charge in [-0.3, -0.25) is 9.89 Å². The summed E-state index contributed by atoms with van der Waals surface area (Å²) in [5, 5.41) is 11.6. The predicted octanol–water partition coefficient (Wildman–Crippen LogP) is 1.26. The fraction of sp³-hybridized carbons (Fsp3) is 0.588. The molecule has 1 aromatic rings. The minimum atomic E-state index is -3.48. The standard InChI is InChI=1S/C17H28BrN5O2S/c1-2-20-17(21-9-12-26(19,24)25)22-16-7-10-23(11-8-16)13-14-3-5-15(18)6-4-14/h3-6,16H,2,7-13H2,1H3,(H2,19,24,25)(H2,20,21,22). The smallest absolute Gasteiger partial charge is 0.210 e. The maximum absolute atomic E-state index is 11.0. The summed E-state index contributed by atoms with van der Waals surface area (Å²) in [7, 11) is -3.48. The van der Waals surface area contributed by atoms with Crippen molar-refractivity contribution in [3.05, 3.63) is 34.3 Å². The number of guanidine groups is 1. The second-order valence-electron chi connectivity index (χ2n) is 6.45. The highest BCUT2D eigenvalue weighted by atomic mass is 79.9. The number of hydrogen-bond acceptors (Lipinski definition) is 4. The van der Waals surface area contributed by atoms with Gasteiger partial charge in [0, 0.05) is 36.7 Å². The fourth-order valence-electron chi connectivity index (χ4n) is 2.88. The van der Waals surface area contributed by atoms with Crippen LogP contribution in [0.2, 0.25) is 0 Å². The lowest BCUT2D eigenvalue weighted by Crippen LogP contribution is -2.48. The molecule has 1 aliphatic rings. The van der Waals surface area contributed by atoms with Crippen LogP contribution in [0.5, 0.6) is 0 Å². The molecule has 0 amide bonds. The van der Waals surface area contributed by atoms with Crippen molar-refractivity contribution in [3.63, 3.8) is 0 Å². The number of likely N-dealkylation sites (tertiary alicyclic amines) is 1. The number of nitrogens with zero attached hydrogens (tertiary/aromatic N) is 2. The number of hydrogen-bond donors (Lipinski definition) is 3. The Hall–Kier alpha value is -1.16. The predicted molar refractivity (Wildman–Crippen MR) is 110 cm³/mol. The first-order valence-electron chi connectivity index (χ1n) is 8.88. The van der Waals surface area contributed by atoms with Crippen LogP contribution in [-0.2, 0) is 16.6 Å². The molecule has 0 atom stereocenters. The van der Waals surface area contributed by atoms with E-state index in [4.69, 9.17) is 5.14 Å². The summed E-state index contributed by atoms with van der Waals surface area (Å²) in [6, 6.07) is 8.78. The number of piperidine rings is 1. The number of sulfonamides is 1. The van der Waals surface area contributed by atoms with Crippen LogP contribution < -0.4 is 15.8 Å². The van der Waals surface area contributed by atoms with Gasteiger partial charge in [-0.25, -0.2) is 13.6 Å². The van der Waals surface area contributed by atoms with Gasteiger partial charge < -0.3 is 10.6 Å². The zero-order valence-electron chi connectivity index (χ0n) is 15.1. The third kappa shape index (κ3) is 8.03. The molecular formula is C17H28BrN5O2S. The molecule has 0 saturated carbocycles. The summed E-state index contributed by atoms with van der Waals surface area (Å²) in [4.78, 5) is 6.76. The molecule has 4 N–H and O–H groups in total. The van der Waals surface area contributed by atoms with Gasteiger partial charge >= 0.3 is 0 Å². The molecule has 2 rings (SSSR count). The van der Waals surface area contributed by atoms with Crippen molar-refractivity contribution in [2.45, 2.75) is 32.4 Å². The van der Waals surface area contributed by atoms with E-state index in [1.807, 2.05) is 6.92 Å². The van der Waals surface area contributed by atoms with Crippen molar-refractivity contribution in [2.24, 2.45) is 10.1 Å². The first-order chi connectivity index (χ1) is 12.4. The zero-order valence-corrected chi connectivity index (χ0v) is 17.5. The van der Waals surface area contributed by atoms with Crippen molar-refractivity contribution in [3.8, 4) is 0 Å². The quantitative estimate of drug-likeness (QED) is 0.433. The number of primary sulfonamides is 1. The van der Waals surface area contributed by atoms with Gasteiger partial charge in [-0.05, 0) is 37.5 Å². The molecule has 7 nitrogen and oxygen atoms in total. The fourth-order valence-corrected chi connectivity index (χ4v) is 3.49. The summed E-state index contributed by atoms with van der Waals surface area (Å²) in [5.41, 5.74) is 1.32. The van der Waals surface area contributed by atoms with Crippen LogP contribution in [0.25, 0.3) is 0 Å². The molecule has 1 aromatic carbocycles. The van der Waals surface area contributed by atoms with Crippen LogP contribution in [0.15, 0.2) is 33.7 Å². The summed E-state index contributed by atoms with van der Waals surface area (Å²) in [5.74, 6) is 0.511. The van der Waals surface area contributed by atoms with E-state index in [0.717, 1.165) is 43.5 Å². The molecular weight excluding hydrogens is 418 g/mol. The minimum Gasteiger partial charge on any atom is -0.357 e. The summed E-state index contributed by atoms with van der Waals surface area (Å²) in [6.45, 7) is 5.87. The highest BCUT2D eigenvalue weighted by Crippen LogP contribution is 2.16. The Morgan fingerprint density at radius 2 is 1.96 bits per heavy atom. The number of nitrogens with two attached hydrogens (primary N) is 1. The third-order valence-electron chi connectivity index (χ3n) is 4.24. The first-order valence-corrected chi connectivity index (χ1v) is 11.4. The molecule has 146 valence electrons. The summed E-state index contributed by atoms with van der Waals surface area (Å²) < 4.78 is 23.1. The lowest BCUT2D eigenvalue weighted by atomic mass is 10.0. The Morgan fingerprint density at radius 3 is 2.54 bits per heavy atom. The van der Waals surface area contributed by atoms with E-state index in [0.29, 0.717) is 12.0 Å². The van der Waals surface area contributed by atoms with Crippen molar-refractivity contribution in [1.82, 2.24) is 15.5 Å². The highest BCUT2D eigenvalue weighted by molar-refractivity contribution is 9.10. The molecule has 0 aromatic heterocycles. The van der Waals surface area contributed by atoms with Gasteiger partial charge in [0.2, 0.25) is 10.0 Å².